The highest BCUT2D eigenvalue weighted by Gasteiger charge is 2.25. The first-order valence-corrected chi connectivity index (χ1v) is 7.95. The lowest BCUT2D eigenvalue weighted by atomic mass is 9.84. The highest BCUT2D eigenvalue weighted by Crippen LogP contribution is 2.26. The van der Waals surface area contributed by atoms with Gasteiger partial charge in [-0.1, -0.05) is 41.9 Å². The largest absolute Gasteiger partial charge is 0.355 e. The molecule has 1 aromatic rings. The second kappa shape index (κ2) is 7.91. The van der Waals surface area contributed by atoms with Crippen molar-refractivity contribution in [2.75, 3.05) is 12.4 Å². The Balaban J connectivity index is 2.52. The summed E-state index contributed by atoms with van der Waals surface area (Å²) < 4.78 is 0.995. The predicted octanol–water partition coefficient (Wildman–Crippen LogP) is 4.15. The van der Waals surface area contributed by atoms with E-state index >= 15 is 0 Å². The van der Waals surface area contributed by atoms with Gasteiger partial charge in [0, 0.05) is 22.3 Å². The fourth-order valence-electron chi connectivity index (χ4n) is 1.92. The summed E-state index contributed by atoms with van der Waals surface area (Å²) in [5.74, 6) is 0.631. The summed E-state index contributed by atoms with van der Waals surface area (Å²) in [6.07, 6.45) is 2.36. The van der Waals surface area contributed by atoms with Crippen molar-refractivity contribution < 1.29 is 4.79 Å². The molecule has 1 aromatic carbocycles. The molecule has 0 atom stereocenters. The number of carbonyl (C=O) groups is 1. The van der Waals surface area contributed by atoms with Crippen molar-refractivity contribution in [2.45, 2.75) is 33.1 Å². The van der Waals surface area contributed by atoms with E-state index in [1.807, 2.05) is 24.3 Å². The second-order valence-corrected chi connectivity index (χ2v) is 6.11. The Morgan fingerprint density at radius 1 is 1.37 bits per heavy atom. The average Bonchev–Trinajstić information content (AvgIpc) is 2.41. The molecule has 0 saturated carbocycles. The Morgan fingerprint density at radius 2 is 2.05 bits per heavy atom. The third-order valence-corrected chi connectivity index (χ3v) is 4.76. The molecule has 106 valence electrons. The molecule has 19 heavy (non-hydrogen) atoms. The number of hydrogen-bond donors (Lipinski definition) is 1. The first kappa shape index (κ1) is 16.5. The van der Waals surface area contributed by atoms with Crippen LogP contribution in [0, 0.1) is 5.41 Å². The van der Waals surface area contributed by atoms with Crippen LogP contribution in [-0.4, -0.2) is 18.3 Å². The third-order valence-electron chi connectivity index (χ3n) is 3.70. The molecule has 1 N–H and O–H groups in total. The molecule has 0 fully saturated rings. The van der Waals surface area contributed by atoms with Crippen LogP contribution >= 0.6 is 27.5 Å². The predicted molar refractivity (Wildman–Crippen MR) is 84.6 cm³/mol. The van der Waals surface area contributed by atoms with Crippen LogP contribution in [0.4, 0.5) is 0 Å². The van der Waals surface area contributed by atoms with Crippen molar-refractivity contribution in [3.05, 3.63) is 34.3 Å². The van der Waals surface area contributed by atoms with Crippen molar-refractivity contribution >= 4 is 33.4 Å². The minimum atomic E-state index is 0.0223. The van der Waals surface area contributed by atoms with Gasteiger partial charge in [0.25, 0.3) is 0 Å². The number of halogens is 2. The summed E-state index contributed by atoms with van der Waals surface area (Å²) in [5, 5.41) is 3.01. The van der Waals surface area contributed by atoms with E-state index in [9.17, 15) is 4.79 Å². The van der Waals surface area contributed by atoms with Crippen molar-refractivity contribution in [3.8, 4) is 0 Å². The summed E-state index contributed by atoms with van der Waals surface area (Å²) in [5.41, 5.74) is 1.03. The molecule has 0 aliphatic heterocycles. The lowest BCUT2D eigenvalue weighted by molar-refractivity contribution is -0.120. The van der Waals surface area contributed by atoms with Crippen LogP contribution < -0.4 is 5.32 Å². The molecule has 0 heterocycles. The van der Waals surface area contributed by atoms with E-state index in [1.165, 1.54) is 0 Å². The molecule has 1 amide bonds. The minimum Gasteiger partial charge on any atom is -0.355 e. The van der Waals surface area contributed by atoms with Gasteiger partial charge in [-0.15, -0.1) is 11.6 Å². The van der Waals surface area contributed by atoms with Crippen LogP contribution in [0.2, 0.25) is 0 Å². The van der Waals surface area contributed by atoms with Gasteiger partial charge in [0.2, 0.25) is 5.91 Å². The Labute approximate surface area is 129 Å². The maximum atomic E-state index is 11.9. The Bertz CT molecular complexity index is 410. The first-order valence-electron chi connectivity index (χ1n) is 6.62. The summed E-state index contributed by atoms with van der Waals surface area (Å²) >= 11 is 9.44. The van der Waals surface area contributed by atoms with Crippen molar-refractivity contribution in [1.82, 2.24) is 5.32 Å². The zero-order valence-electron chi connectivity index (χ0n) is 11.5. The average molecular weight is 347 g/mol. The fraction of sp³-hybridized carbons (Fsp3) is 0.533. The minimum absolute atomic E-state index is 0.0223. The highest BCUT2D eigenvalue weighted by molar-refractivity contribution is 9.10. The zero-order valence-corrected chi connectivity index (χ0v) is 13.9. The number of carbonyl (C=O) groups excluding carboxylic acids is 1. The van der Waals surface area contributed by atoms with Crippen LogP contribution in [0.15, 0.2) is 28.7 Å². The van der Waals surface area contributed by atoms with Crippen molar-refractivity contribution in [1.29, 1.82) is 0 Å². The lowest BCUT2D eigenvalue weighted by Crippen LogP contribution is -2.38. The van der Waals surface area contributed by atoms with E-state index in [4.69, 9.17) is 11.6 Å². The summed E-state index contributed by atoms with van der Waals surface area (Å²) in [4.78, 5) is 11.9. The number of alkyl halides is 1. The highest BCUT2D eigenvalue weighted by atomic mass is 79.9. The van der Waals surface area contributed by atoms with E-state index in [1.54, 1.807) is 0 Å². The molecule has 0 spiro atoms. The normalized spacial score (nSPS) is 11.4. The van der Waals surface area contributed by atoms with Gasteiger partial charge in [0.05, 0.1) is 6.42 Å². The molecule has 0 radical (unpaired) electrons. The van der Waals surface area contributed by atoms with E-state index < -0.39 is 0 Å². The maximum absolute atomic E-state index is 11.9. The van der Waals surface area contributed by atoms with Crippen LogP contribution in [0.5, 0.6) is 0 Å². The summed E-state index contributed by atoms with van der Waals surface area (Å²) in [7, 11) is 0. The van der Waals surface area contributed by atoms with Gasteiger partial charge < -0.3 is 5.32 Å². The van der Waals surface area contributed by atoms with Gasteiger partial charge in [-0.05, 0) is 30.5 Å². The van der Waals surface area contributed by atoms with Gasteiger partial charge >= 0.3 is 0 Å². The molecule has 0 unspecified atom stereocenters. The topological polar surface area (TPSA) is 29.1 Å². The smallest absolute Gasteiger partial charge is 0.224 e. The Morgan fingerprint density at radius 3 is 2.58 bits per heavy atom. The van der Waals surface area contributed by atoms with Gasteiger partial charge in [0.1, 0.15) is 0 Å². The molecular weight excluding hydrogens is 326 g/mol. The Hall–Kier alpha value is -0.540. The number of hydrogen-bond acceptors (Lipinski definition) is 1. The lowest BCUT2D eigenvalue weighted by Gasteiger charge is -2.29. The Kier molecular flexibility index (Phi) is 6.87. The standard InChI is InChI=1S/C15H21BrClNO/c1-3-15(4-2,10-17)11-18-14(19)9-12-6-5-7-13(16)8-12/h5-8H,3-4,9-11H2,1-2H3,(H,18,19). The van der Waals surface area contributed by atoms with E-state index in [0.717, 1.165) is 22.9 Å². The quantitative estimate of drug-likeness (QED) is 0.738. The van der Waals surface area contributed by atoms with E-state index in [2.05, 4.69) is 35.1 Å². The zero-order chi connectivity index (χ0) is 14.3. The third kappa shape index (κ3) is 5.15. The van der Waals surface area contributed by atoms with Crippen molar-refractivity contribution in [3.63, 3.8) is 0 Å². The number of amides is 1. The number of rotatable bonds is 7. The molecule has 0 aromatic heterocycles. The molecule has 0 saturated heterocycles. The summed E-state index contributed by atoms with van der Waals surface area (Å²) in [6, 6.07) is 7.81. The number of nitrogens with one attached hydrogen (secondary N) is 1. The molecule has 1 rings (SSSR count). The van der Waals surface area contributed by atoms with E-state index in [0.29, 0.717) is 18.8 Å². The van der Waals surface area contributed by atoms with Gasteiger partial charge in [-0.2, -0.15) is 0 Å². The molecule has 2 nitrogen and oxygen atoms in total. The van der Waals surface area contributed by atoms with Crippen molar-refractivity contribution in [2.24, 2.45) is 5.41 Å². The second-order valence-electron chi connectivity index (χ2n) is 4.92. The maximum Gasteiger partial charge on any atom is 0.224 e. The van der Waals surface area contributed by atoms with E-state index in [-0.39, 0.29) is 11.3 Å². The molecular formula is C15H21BrClNO. The SMILES string of the molecule is CCC(CC)(CCl)CNC(=O)Cc1cccc(Br)c1. The summed E-state index contributed by atoms with van der Waals surface area (Å²) in [6.45, 7) is 4.88. The van der Waals surface area contributed by atoms with Gasteiger partial charge in [0.15, 0.2) is 0 Å². The molecule has 0 aliphatic carbocycles. The van der Waals surface area contributed by atoms with Gasteiger partial charge in [-0.3, -0.25) is 4.79 Å². The molecule has 0 bridgehead atoms. The van der Waals surface area contributed by atoms with Crippen LogP contribution in [0.3, 0.4) is 0 Å². The molecule has 0 aliphatic rings. The van der Waals surface area contributed by atoms with Crippen LogP contribution in [0.1, 0.15) is 32.3 Å². The van der Waals surface area contributed by atoms with Gasteiger partial charge in [-0.25, -0.2) is 0 Å². The van der Waals surface area contributed by atoms with Crippen LogP contribution in [0.25, 0.3) is 0 Å². The fourth-order valence-corrected chi connectivity index (χ4v) is 2.84. The van der Waals surface area contributed by atoms with Crippen LogP contribution in [-0.2, 0) is 11.2 Å². The monoisotopic (exact) mass is 345 g/mol. The molecule has 4 heteroatoms. The first-order chi connectivity index (χ1) is 9.05. The number of benzene rings is 1.